The lowest BCUT2D eigenvalue weighted by atomic mass is 9.98. The van der Waals surface area contributed by atoms with Crippen molar-refractivity contribution in [1.29, 1.82) is 0 Å². The fourth-order valence-corrected chi connectivity index (χ4v) is 3.79. The van der Waals surface area contributed by atoms with Gasteiger partial charge in [-0.15, -0.1) is 11.3 Å². The zero-order valence-electron chi connectivity index (χ0n) is 16.1. The second kappa shape index (κ2) is 9.42. The highest BCUT2D eigenvalue weighted by Crippen LogP contribution is 2.27. The number of benzene rings is 2. The van der Waals surface area contributed by atoms with Crippen LogP contribution in [0.3, 0.4) is 0 Å². The van der Waals surface area contributed by atoms with Gasteiger partial charge in [0.25, 0.3) is 0 Å². The summed E-state index contributed by atoms with van der Waals surface area (Å²) in [6.45, 7) is 4.92. The molecule has 0 bridgehead atoms. The Bertz CT molecular complexity index is 918. The Kier molecular flexibility index (Phi) is 6.71. The Balaban J connectivity index is 1.56. The minimum atomic E-state index is -0.810. The Hall–Kier alpha value is -2.79. The Morgan fingerprint density at radius 3 is 2.61 bits per heavy atom. The first-order valence-electron chi connectivity index (χ1n) is 9.21. The van der Waals surface area contributed by atoms with Gasteiger partial charge in [0, 0.05) is 4.88 Å². The lowest BCUT2D eigenvalue weighted by Crippen LogP contribution is -2.13. The zero-order valence-corrected chi connectivity index (χ0v) is 16.9. The molecule has 2 aromatic carbocycles. The average Bonchev–Trinajstić information content (AvgIpc) is 3.20. The van der Waals surface area contributed by atoms with Gasteiger partial charge in [0.2, 0.25) is 0 Å². The van der Waals surface area contributed by atoms with Crippen molar-refractivity contribution in [3.8, 4) is 11.5 Å². The second-order valence-corrected chi connectivity index (χ2v) is 7.70. The van der Waals surface area contributed by atoms with Crippen LogP contribution in [0.2, 0.25) is 0 Å². The van der Waals surface area contributed by atoms with Crippen molar-refractivity contribution in [3.05, 3.63) is 81.5 Å². The van der Waals surface area contributed by atoms with Crippen molar-refractivity contribution in [2.45, 2.75) is 26.2 Å². The van der Waals surface area contributed by atoms with Gasteiger partial charge < -0.3 is 14.6 Å². The Morgan fingerprint density at radius 2 is 1.86 bits per heavy atom. The fourth-order valence-electron chi connectivity index (χ4n) is 2.97. The van der Waals surface area contributed by atoms with E-state index in [9.17, 15) is 9.90 Å². The topological polar surface area (TPSA) is 55.8 Å². The van der Waals surface area contributed by atoms with E-state index in [0.29, 0.717) is 19.6 Å². The highest BCUT2D eigenvalue weighted by molar-refractivity contribution is 7.10. The molecule has 3 rings (SSSR count). The van der Waals surface area contributed by atoms with E-state index in [0.717, 1.165) is 33.1 Å². The zero-order chi connectivity index (χ0) is 19.9. The van der Waals surface area contributed by atoms with Gasteiger partial charge >= 0.3 is 5.97 Å². The van der Waals surface area contributed by atoms with Gasteiger partial charge in [0.05, 0.1) is 5.92 Å². The molecule has 0 aliphatic carbocycles. The molecule has 0 aliphatic rings. The molecule has 146 valence electrons. The molecular weight excluding hydrogens is 372 g/mol. The van der Waals surface area contributed by atoms with Crippen molar-refractivity contribution in [3.63, 3.8) is 0 Å². The predicted octanol–water partition coefficient (Wildman–Crippen LogP) is 5.23. The number of carbonyl (C=O) groups is 1. The fraction of sp³-hybridized carbons (Fsp3) is 0.261. The highest BCUT2D eigenvalue weighted by Gasteiger charge is 2.21. The molecule has 0 saturated heterocycles. The van der Waals surface area contributed by atoms with Gasteiger partial charge in [0.1, 0.15) is 24.7 Å². The Morgan fingerprint density at radius 1 is 1.04 bits per heavy atom. The summed E-state index contributed by atoms with van der Waals surface area (Å²) in [5.74, 6) is 0.244. The lowest BCUT2D eigenvalue weighted by molar-refractivity contribution is -0.138. The van der Waals surface area contributed by atoms with Gasteiger partial charge in [-0.3, -0.25) is 4.79 Å². The lowest BCUT2D eigenvalue weighted by Gasteiger charge is -2.13. The number of ether oxygens (including phenoxy) is 2. The third kappa shape index (κ3) is 5.36. The maximum atomic E-state index is 11.6. The minimum absolute atomic E-state index is 0.421. The molecule has 1 atom stereocenters. The molecule has 1 unspecified atom stereocenters. The highest BCUT2D eigenvalue weighted by atomic mass is 32.1. The van der Waals surface area contributed by atoms with Gasteiger partial charge in [-0.25, -0.2) is 0 Å². The van der Waals surface area contributed by atoms with E-state index in [1.165, 1.54) is 11.3 Å². The molecule has 1 aromatic heterocycles. The molecule has 0 amide bonds. The number of hydrogen-bond donors (Lipinski definition) is 1. The first kappa shape index (κ1) is 20.0. The minimum Gasteiger partial charge on any atom is -0.490 e. The summed E-state index contributed by atoms with van der Waals surface area (Å²) < 4.78 is 11.6. The van der Waals surface area contributed by atoms with E-state index in [4.69, 9.17) is 9.47 Å². The van der Waals surface area contributed by atoms with Crippen molar-refractivity contribution in [1.82, 2.24) is 0 Å². The summed E-state index contributed by atoms with van der Waals surface area (Å²) in [4.78, 5) is 12.5. The summed E-state index contributed by atoms with van der Waals surface area (Å²) in [7, 11) is 0. The van der Waals surface area contributed by atoms with Crippen LogP contribution in [0, 0.1) is 13.8 Å². The summed E-state index contributed by atoms with van der Waals surface area (Å²) in [5.41, 5.74) is 3.20. The number of aryl methyl sites for hydroxylation is 2. The van der Waals surface area contributed by atoms with Crippen LogP contribution in [-0.4, -0.2) is 24.3 Å². The number of hydrogen-bond acceptors (Lipinski definition) is 4. The standard InChI is InChI=1S/C23H24O4S/c1-16-8-9-17(2)21(13-16)27-11-10-26-19-6-3-5-18(14-19)15-20(23(24)25)22-7-4-12-28-22/h3-9,12-14,20H,10-11,15H2,1-2H3,(H,24,25). The van der Waals surface area contributed by atoms with Crippen molar-refractivity contribution < 1.29 is 19.4 Å². The van der Waals surface area contributed by atoms with E-state index in [1.54, 1.807) is 0 Å². The van der Waals surface area contributed by atoms with Crippen LogP contribution in [0.4, 0.5) is 0 Å². The third-order valence-corrected chi connectivity index (χ3v) is 5.46. The maximum Gasteiger partial charge on any atom is 0.312 e. The normalized spacial score (nSPS) is 11.8. The first-order valence-corrected chi connectivity index (χ1v) is 10.1. The molecule has 0 saturated carbocycles. The molecule has 3 aromatic rings. The van der Waals surface area contributed by atoms with Gasteiger partial charge in [-0.2, -0.15) is 0 Å². The van der Waals surface area contributed by atoms with Crippen LogP contribution in [0.1, 0.15) is 27.5 Å². The van der Waals surface area contributed by atoms with E-state index >= 15 is 0 Å². The number of rotatable bonds is 9. The summed E-state index contributed by atoms with van der Waals surface area (Å²) >= 11 is 1.47. The molecule has 0 fully saturated rings. The third-order valence-electron chi connectivity index (χ3n) is 4.48. The molecule has 0 spiro atoms. The van der Waals surface area contributed by atoms with Crippen LogP contribution in [0.15, 0.2) is 60.0 Å². The van der Waals surface area contributed by atoms with Crippen LogP contribution < -0.4 is 9.47 Å². The molecule has 0 aliphatic heterocycles. The molecule has 5 heteroatoms. The summed E-state index contributed by atoms with van der Waals surface area (Å²) in [6, 6.07) is 17.5. The van der Waals surface area contributed by atoms with Gasteiger partial charge in [0.15, 0.2) is 0 Å². The maximum absolute atomic E-state index is 11.6. The molecule has 28 heavy (non-hydrogen) atoms. The quantitative estimate of drug-likeness (QED) is 0.503. The monoisotopic (exact) mass is 396 g/mol. The average molecular weight is 397 g/mol. The predicted molar refractivity (Wildman–Crippen MR) is 112 cm³/mol. The first-order chi connectivity index (χ1) is 13.5. The van der Waals surface area contributed by atoms with E-state index in [-0.39, 0.29) is 0 Å². The molecular formula is C23H24O4S. The van der Waals surface area contributed by atoms with Gasteiger partial charge in [-0.1, -0.05) is 30.3 Å². The van der Waals surface area contributed by atoms with Gasteiger partial charge in [-0.05, 0) is 66.6 Å². The number of carboxylic acid groups (broad SMARTS) is 1. The van der Waals surface area contributed by atoms with Crippen LogP contribution >= 0.6 is 11.3 Å². The summed E-state index contributed by atoms with van der Waals surface area (Å²) in [6.07, 6.45) is 0.437. The molecule has 1 heterocycles. The van der Waals surface area contributed by atoms with Crippen LogP contribution in [0.5, 0.6) is 11.5 Å². The molecule has 0 radical (unpaired) electrons. The molecule has 1 N–H and O–H groups in total. The smallest absolute Gasteiger partial charge is 0.312 e. The number of thiophene rings is 1. The van der Waals surface area contributed by atoms with Crippen LogP contribution in [-0.2, 0) is 11.2 Å². The number of aliphatic carboxylic acids is 1. The van der Waals surface area contributed by atoms with E-state index < -0.39 is 11.9 Å². The second-order valence-electron chi connectivity index (χ2n) is 6.72. The van der Waals surface area contributed by atoms with Crippen molar-refractivity contribution in [2.75, 3.05) is 13.2 Å². The van der Waals surface area contributed by atoms with E-state index in [2.05, 4.69) is 6.07 Å². The van der Waals surface area contributed by atoms with E-state index in [1.807, 2.05) is 67.8 Å². The van der Waals surface area contributed by atoms with Crippen LogP contribution in [0.25, 0.3) is 0 Å². The van der Waals surface area contributed by atoms with Crippen molar-refractivity contribution in [2.24, 2.45) is 0 Å². The van der Waals surface area contributed by atoms with Crippen molar-refractivity contribution >= 4 is 17.3 Å². The largest absolute Gasteiger partial charge is 0.490 e. The SMILES string of the molecule is Cc1ccc(C)c(OCCOc2cccc(CC(C(=O)O)c3cccs3)c2)c1. The summed E-state index contributed by atoms with van der Waals surface area (Å²) in [5, 5.41) is 11.5. The number of carboxylic acids is 1. The molecule has 4 nitrogen and oxygen atoms in total. The Labute approximate surface area is 169 Å².